The zero-order valence-electron chi connectivity index (χ0n) is 35.0. The Morgan fingerprint density at radius 2 is 1.64 bits per heavy atom. The normalized spacial score (nSPS) is 19.6. The van der Waals surface area contributed by atoms with Gasteiger partial charge in [-0.2, -0.15) is 0 Å². The number of halogens is 3. The number of hydrogen-bond acceptors (Lipinski definition) is 7. The molecule has 0 bridgehead atoms. The molecule has 2 atom stereocenters. The first-order valence-electron chi connectivity index (χ1n) is 20.7. The van der Waals surface area contributed by atoms with Crippen molar-refractivity contribution in [3.8, 4) is 11.1 Å². The predicted molar refractivity (Wildman–Crippen MR) is 243 cm³/mol. The van der Waals surface area contributed by atoms with E-state index in [1.807, 2.05) is 6.07 Å². The number of rotatable bonds is 13. The van der Waals surface area contributed by atoms with Crippen molar-refractivity contribution in [2.75, 3.05) is 81.7 Å². The molecule has 0 aliphatic carbocycles. The van der Waals surface area contributed by atoms with E-state index in [1.54, 1.807) is 17.5 Å². The molecule has 4 aromatic rings. The molecule has 3 fully saturated rings. The first-order chi connectivity index (χ1) is 27.7. The van der Waals surface area contributed by atoms with Crippen molar-refractivity contribution in [1.29, 1.82) is 0 Å². The summed E-state index contributed by atoms with van der Waals surface area (Å²) in [6.45, 7) is 27.9. The second-order valence-electron chi connectivity index (χ2n) is 17.9. The van der Waals surface area contributed by atoms with E-state index in [1.165, 1.54) is 66.0 Å². The number of pyridine rings is 1. The van der Waals surface area contributed by atoms with Gasteiger partial charge in [0.15, 0.2) is 23.8 Å². The quantitative estimate of drug-likeness (QED) is 0.0981. The average molecular weight is 832 g/mol. The molecule has 5 heterocycles. The van der Waals surface area contributed by atoms with Crippen LogP contribution in [-0.2, 0) is 0 Å². The highest BCUT2D eigenvalue weighted by molar-refractivity contribution is 8.13. The Morgan fingerprint density at radius 3 is 2.28 bits per heavy atom. The van der Waals surface area contributed by atoms with Crippen LogP contribution in [0.25, 0.3) is 27.7 Å². The van der Waals surface area contributed by atoms with E-state index in [-0.39, 0.29) is 29.2 Å². The summed E-state index contributed by atoms with van der Waals surface area (Å²) in [7, 11) is 1.13. The molecular weight excluding hydrogens is 772 g/mol. The third kappa shape index (κ3) is 9.57. The van der Waals surface area contributed by atoms with Gasteiger partial charge in [-0.3, -0.25) is 9.80 Å². The highest BCUT2D eigenvalue weighted by atomic mass is 32.2. The molecule has 2 unspecified atom stereocenters. The number of benzene rings is 2. The molecule has 0 spiro atoms. The maximum atomic E-state index is 16.4. The van der Waals surface area contributed by atoms with Crippen molar-refractivity contribution < 1.29 is 12.7 Å². The Kier molecular flexibility index (Phi) is 13.2. The molecular formula is C46H60F3N7S2. The minimum absolute atomic E-state index is 0.0106. The summed E-state index contributed by atoms with van der Waals surface area (Å²) in [6, 6.07) is 13.1. The molecule has 7 rings (SSSR count). The maximum absolute atomic E-state index is 16.4. The standard InChI is InChI=1S/C46H60F3N7S2/c1-32-15-20-55(29-32)58(8)51(7)42-14-13-41(47)43(44(42)48)34(3)40-31-56(57-49)45-39(40)25-37(27-50-45)36-9-11-38(12-10-36)54-23-21-53(22-24-54)30-35-16-18-52(19-17-35)28-33(2)26-46(4,5)6/h9-14,25,27,31-32,35H,2-3,8,15-24,26,28-30H2,1,4-7H3. The van der Waals surface area contributed by atoms with Gasteiger partial charge in [0.25, 0.3) is 0 Å². The Bertz CT molecular complexity index is 2130. The van der Waals surface area contributed by atoms with Gasteiger partial charge in [0, 0.05) is 94.0 Å². The zero-order chi connectivity index (χ0) is 41.3. The summed E-state index contributed by atoms with van der Waals surface area (Å²) < 4.78 is 51.5. The lowest BCUT2D eigenvalue weighted by Crippen LogP contribution is -2.49. The first kappa shape index (κ1) is 42.6. The van der Waals surface area contributed by atoms with Crippen LogP contribution in [0.5, 0.6) is 0 Å². The predicted octanol–water partition coefficient (Wildman–Crippen LogP) is 10.6. The largest absolute Gasteiger partial charge is 0.369 e. The van der Waals surface area contributed by atoms with Crippen LogP contribution in [0.15, 0.2) is 73.6 Å². The number of piperidine rings is 1. The molecule has 3 aliphatic heterocycles. The molecule has 12 heteroatoms. The second-order valence-corrected chi connectivity index (χ2v) is 20.2. The summed E-state index contributed by atoms with van der Waals surface area (Å²) in [5.74, 6) is 4.17. The summed E-state index contributed by atoms with van der Waals surface area (Å²) in [6.07, 6.45) is 7.88. The fourth-order valence-electron chi connectivity index (χ4n) is 8.97. The van der Waals surface area contributed by atoms with Crippen molar-refractivity contribution >= 4 is 57.0 Å². The van der Waals surface area contributed by atoms with E-state index < -0.39 is 22.5 Å². The van der Waals surface area contributed by atoms with Gasteiger partial charge < -0.3 is 9.21 Å². The molecule has 2 aromatic heterocycles. The SMILES string of the molecule is C=C(CN1CCC(CN2CCN(c3ccc(-c4cnc5c(c4)c(C(=C)c4c(F)ccc(N(C)S(=C)N6CCC(C)C6)c4F)cn5SF)cc3)CC2)CC1)CC(C)(C)C. The van der Waals surface area contributed by atoms with E-state index >= 15 is 8.78 Å². The number of fused-ring (bicyclic) bond motifs is 1. The van der Waals surface area contributed by atoms with Crippen molar-refractivity contribution in [1.82, 2.24) is 23.1 Å². The molecule has 0 amide bonds. The van der Waals surface area contributed by atoms with Gasteiger partial charge in [0.2, 0.25) is 0 Å². The molecule has 2 aromatic carbocycles. The van der Waals surface area contributed by atoms with Gasteiger partial charge >= 0.3 is 0 Å². The van der Waals surface area contributed by atoms with Gasteiger partial charge in [-0.05, 0) is 114 Å². The fourth-order valence-corrected chi connectivity index (χ4v) is 10.8. The molecule has 58 heavy (non-hydrogen) atoms. The number of likely N-dealkylation sites (tertiary alicyclic amines) is 1. The number of nitrogens with zero attached hydrogens (tertiary/aromatic N) is 7. The number of anilines is 2. The van der Waals surface area contributed by atoms with Crippen molar-refractivity contribution in [2.24, 2.45) is 17.3 Å². The number of hydrogen-bond donors (Lipinski definition) is 0. The third-order valence-corrected chi connectivity index (χ3v) is 14.3. The second kappa shape index (κ2) is 18.0. The van der Waals surface area contributed by atoms with E-state index in [9.17, 15) is 3.89 Å². The minimum Gasteiger partial charge on any atom is -0.369 e. The van der Waals surface area contributed by atoms with Crippen LogP contribution in [0.3, 0.4) is 0 Å². The van der Waals surface area contributed by atoms with Gasteiger partial charge in [0.1, 0.15) is 5.82 Å². The molecule has 3 saturated heterocycles. The fraction of sp³-hybridized carbons (Fsp3) is 0.478. The molecule has 0 saturated carbocycles. The smallest absolute Gasteiger partial charge is 0.171 e. The summed E-state index contributed by atoms with van der Waals surface area (Å²) in [4.78, 5) is 12.3. The zero-order valence-corrected chi connectivity index (χ0v) is 36.6. The van der Waals surface area contributed by atoms with Gasteiger partial charge in [0.05, 0.1) is 11.3 Å². The Labute approximate surface area is 351 Å². The third-order valence-electron chi connectivity index (χ3n) is 12.1. The minimum atomic E-state index is -0.734. The molecule has 0 radical (unpaired) electrons. The molecule has 312 valence electrons. The lowest BCUT2D eigenvalue weighted by molar-refractivity contribution is 0.144. The van der Waals surface area contributed by atoms with Gasteiger partial charge in [-0.15, -0.1) is 3.89 Å². The Morgan fingerprint density at radius 1 is 0.931 bits per heavy atom. The van der Waals surface area contributed by atoms with E-state index in [2.05, 4.69) is 95.0 Å². The van der Waals surface area contributed by atoms with Crippen molar-refractivity contribution in [2.45, 2.75) is 53.4 Å². The summed E-state index contributed by atoms with van der Waals surface area (Å²) in [5.41, 5.74) is 5.47. The number of aromatic nitrogens is 2. The van der Waals surface area contributed by atoms with Crippen molar-refractivity contribution in [3.05, 3.63) is 96.4 Å². The van der Waals surface area contributed by atoms with Crippen LogP contribution in [0.4, 0.5) is 24.0 Å². The van der Waals surface area contributed by atoms with Crippen LogP contribution in [-0.4, -0.2) is 101 Å². The van der Waals surface area contributed by atoms with E-state index in [4.69, 9.17) is 0 Å². The summed E-state index contributed by atoms with van der Waals surface area (Å²) >= 11 is -0.0106. The monoisotopic (exact) mass is 831 g/mol. The molecule has 0 N–H and O–H groups in total. The van der Waals surface area contributed by atoms with Crippen LogP contribution in [0.1, 0.15) is 64.5 Å². The van der Waals surface area contributed by atoms with Crippen LogP contribution >= 0.6 is 23.2 Å². The van der Waals surface area contributed by atoms with E-state index in [0.29, 0.717) is 27.9 Å². The van der Waals surface area contributed by atoms with Crippen LogP contribution in [0, 0.1) is 28.9 Å². The molecule has 3 aliphatic rings. The summed E-state index contributed by atoms with van der Waals surface area (Å²) in [5, 5.41) is 0.560. The first-order valence-corrected chi connectivity index (χ1v) is 22.6. The highest BCUT2D eigenvalue weighted by Gasteiger charge is 2.28. The number of piperazine rings is 1. The lowest BCUT2D eigenvalue weighted by Gasteiger charge is -2.40. The average Bonchev–Trinajstić information content (AvgIpc) is 3.81. The Balaban J connectivity index is 0.999. The van der Waals surface area contributed by atoms with Crippen molar-refractivity contribution in [3.63, 3.8) is 0 Å². The lowest BCUT2D eigenvalue weighted by atomic mass is 9.88. The van der Waals surface area contributed by atoms with Gasteiger partial charge in [-0.1, -0.05) is 58.6 Å². The maximum Gasteiger partial charge on any atom is 0.171 e. The Hall–Kier alpha value is -3.55. The van der Waals surface area contributed by atoms with Crippen LogP contribution in [0.2, 0.25) is 0 Å². The molecule has 7 nitrogen and oxygen atoms in total. The van der Waals surface area contributed by atoms with Gasteiger partial charge in [-0.25, -0.2) is 22.0 Å². The topological polar surface area (TPSA) is 34.0 Å². The van der Waals surface area contributed by atoms with Crippen LogP contribution < -0.4 is 9.21 Å². The van der Waals surface area contributed by atoms with E-state index in [0.717, 1.165) is 75.7 Å². The highest BCUT2D eigenvalue weighted by Crippen LogP contribution is 2.41.